The molecule has 4 rings (SSSR count). The summed E-state index contributed by atoms with van der Waals surface area (Å²) < 4.78 is 14.4. The van der Waals surface area contributed by atoms with Crippen LogP contribution in [0.25, 0.3) is 11.2 Å². The number of amidine groups is 1. The van der Waals surface area contributed by atoms with Crippen LogP contribution in [0.1, 0.15) is 12.1 Å². The number of fused-ring (bicyclic) bond motifs is 2. The van der Waals surface area contributed by atoms with Crippen molar-refractivity contribution in [2.24, 2.45) is 4.99 Å². The first-order valence-corrected chi connectivity index (χ1v) is 6.71. The molecule has 0 amide bonds. The monoisotopic (exact) mass is 283 g/mol. The number of rotatable bonds is 1. The number of hydrogen-bond donors (Lipinski definition) is 1. The molecular formula is C15H12FN4O+. The number of hydrogen-bond acceptors (Lipinski definition) is 3. The normalized spacial score (nSPS) is 20.3. The molecule has 2 aromatic rings. The van der Waals surface area contributed by atoms with Gasteiger partial charge in [-0.2, -0.15) is 4.99 Å². The average molecular weight is 283 g/mol. The minimum absolute atomic E-state index is 0.281. The fourth-order valence-electron chi connectivity index (χ4n) is 2.67. The van der Waals surface area contributed by atoms with E-state index in [0.29, 0.717) is 11.3 Å². The molecule has 0 bridgehead atoms. The molecule has 0 spiro atoms. The van der Waals surface area contributed by atoms with Crippen molar-refractivity contribution in [2.45, 2.75) is 6.42 Å². The molecule has 0 aromatic carbocycles. The Morgan fingerprint density at radius 3 is 3.14 bits per heavy atom. The highest BCUT2D eigenvalue weighted by atomic mass is 19.1. The Kier molecular flexibility index (Phi) is 2.58. The fraction of sp³-hybridized carbons (Fsp3) is 0.133. The smallest absolute Gasteiger partial charge is 0.258 e. The summed E-state index contributed by atoms with van der Waals surface area (Å²) in [6, 6.07) is 4.26. The van der Waals surface area contributed by atoms with Gasteiger partial charge >= 0.3 is 0 Å². The Balaban J connectivity index is 1.85. The number of nitrogens with one attached hydrogen (secondary N) is 1. The SMILES string of the molecule is O=c1cc(C2=CC3=NC=C[NH+]3CC2)nc2ccc(F)cn12. The van der Waals surface area contributed by atoms with Crippen LogP contribution in [0.4, 0.5) is 4.39 Å². The van der Waals surface area contributed by atoms with E-state index < -0.39 is 5.82 Å². The number of aromatic nitrogens is 2. The molecule has 1 atom stereocenters. The van der Waals surface area contributed by atoms with Crippen LogP contribution >= 0.6 is 0 Å². The average Bonchev–Trinajstić information content (AvgIpc) is 2.95. The molecule has 104 valence electrons. The van der Waals surface area contributed by atoms with Crippen LogP contribution in [0.2, 0.25) is 0 Å². The molecule has 2 aliphatic rings. The maximum absolute atomic E-state index is 13.2. The Morgan fingerprint density at radius 1 is 1.33 bits per heavy atom. The summed E-state index contributed by atoms with van der Waals surface area (Å²) in [4.78, 5) is 22.1. The summed E-state index contributed by atoms with van der Waals surface area (Å²) in [6.45, 7) is 0.894. The minimum Gasteiger partial charge on any atom is -0.269 e. The summed E-state index contributed by atoms with van der Waals surface area (Å²) >= 11 is 0. The van der Waals surface area contributed by atoms with Crippen molar-refractivity contribution in [1.29, 1.82) is 0 Å². The van der Waals surface area contributed by atoms with Crippen molar-refractivity contribution in [2.75, 3.05) is 6.54 Å². The summed E-state index contributed by atoms with van der Waals surface area (Å²) in [7, 11) is 0. The van der Waals surface area contributed by atoms with Crippen molar-refractivity contribution in [3.05, 3.63) is 64.7 Å². The second-order valence-electron chi connectivity index (χ2n) is 5.08. The van der Waals surface area contributed by atoms with Gasteiger partial charge in [0.15, 0.2) is 0 Å². The van der Waals surface area contributed by atoms with E-state index >= 15 is 0 Å². The van der Waals surface area contributed by atoms with Crippen LogP contribution in [0.5, 0.6) is 0 Å². The van der Waals surface area contributed by atoms with Crippen LogP contribution in [0.3, 0.4) is 0 Å². The zero-order chi connectivity index (χ0) is 14.4. The van der Waals surface area contributed by atoms with Gasteiger partial charge < -0.3 is 0 Å². The first-order chi connectivity index (χ1) is 10.2. The molecule has 1 unspecified atom stereocenters. The standard InChI is InChI=1S/C15H11FN4O/c16-11-1-2-13-18-12(8-15(21)20(13)9-11)10-3-5-19-6-4-17-14(19)7-10/h1-2,4,6-9H,3,5H2/p+1. The predicted molar refractivity (Wildman–Crippen MR) is 76.4 cm³/mol. The molecule has 0 saturated carbocycles. The van der Waals surface area contributed by atoms with Gasteiger partial charge in [-0.05, 0) is 17.7 Å². The molecule has 21 heavy (non-hydrogen) atoms. The van der Waals surface area contributed by atoms with Crippen molar-refractivity contribution in [3.63, 3.8) is 0 Å². The van der Waals surface area contributed by atoms with E-state index in [1.165, 1.54) is 27.5 Å². The second-order valence-corrected chi connectivity index (χ2v) is 5.08. The van der Waals surface area contributed by atoms with Crippen LogP contribution in [-0.2, 0) is 0 Å². The summed E-state index contributed by atoms with van der Waals surface area (Å²) in [6.07, 6.45) is 7.74. The predicted octanol–water partition coefficient (Wildman–Crippen LogP) is 0.389. The highest BCUT2D eigenvalue weighted by Crippen LogP contribution is 2.17. The largest absolute Gasteiger partial charge is 0.269 e. The second kappa shape index (κ2) is 4.46. The molecule has 2 aliphatic heterocycles. The van der Waals surface area contributed by atoms with Crippen LogP contribution < -0.4 is 10.5 Å². The first kappa shape index (κ1) is 12.2. The van der Waals surface area contributed by atoms with Gasteiger partial charge in [-0.15, -0.1) is 0 Å². The van der Waals surface area contributed by atoms with E-state index in [4.69, 9.17) is 0 Å². The first-order valence-electron chi connectivity index (χ1n) is 6.71. The van der Waals surface area contributed by atoms with Gasteiger partial charge in [-0.25, -0.2) is 9.37 Å². The molecule has 0 radical (unpaired) electrons. The zero-order valence-corrected chi connectivity index (χ0v) is 11.1. The molecule has 2 aromatic heterocycles. The lowest BCUT2D eigenvalue weighted by atomic mass is 10.0. The van der Waals surface area contributed by atoms with Gasteiger partial charge in [0.05, 0.1) is 18.4 Å². The highest BCUT2D eigenvalue weighted by Gasteiger charge is 2.24. The topological polar surface area (TPSA) is 51.2 Å². The van der Waals surface area contributed by atoms with E-state index in [-0.39, 0.29) is 5.56 Å². The number of quaternary nitrogens is 1. The lowest BCUT2D eigenvalue weighted by Gasteiger charge is -2.17. The maximum Gasteiger partial charge on any atom is 0.258 e. The van der Waals surface area contributed by atoms with Gasteiger partial charge in [0.2, 0.25) is 5.84 Å². The van der Waals surface area contributed by atoms with Gasteiger partial charge in [0, 0.05) is 24.8 Å². The van der Waals surface area contributed by atoms with Gasteiger partial charge in [-0.1, -0.05) is 0 Å². The molecule has 0 fully saturated rings. The zero-order valence-electron chi connectivity index (χ0n) is 11.1. The highest BCUT2D eigenvalue weighted by molar-refractivity contribution is 5.95. The van der Waals surface area contributed by atoms with E-state index in [0.717, 1.165) is 30.6 Å². The summed E-state index contributed by atoms with van der Waals surface area (Å²) in [5, 5.41) is 0. The number of aliphatic imine (C=N–C) groups is 1. The Hall–Kier alpha value is -2.60. The fourth-order valence-corrected chi connectivity index (χ4v) is 2.67. The van der Waals surface area contributed by atoms with E-state index in [1.807, 2.05) is 12.3 Å². The Bertz CT molecular complexity index is 894. The van der Waals surface area contributed by atoms with Gasteiger partial charge in [0.1, 0.15) is 17.7 Å². The molecule has 6 heteroatoms. The minimum atomic E-state index is -0.457. The molecule has 5 nitrogen and oxygen atoms in total. The molecule has 0 aliphatic carbocycles. The van der Waals surface area contributed by atoms with Crippen LogP contribution in [0, 0.1) is 5.82 Å². The number of nitrogens with zero attached hydrogens (tertiary/aromatic N) is 3. The van der Waals surface area contributed by atoms with E-state index in [1.54, 1.807) is 6.20 Å². The maximum atomic E-state index is 13.2. The molecular weight excluding hydrogens is 271 g/mol. The lowest BCUT2D eigenvalue weighted by Crippen LogP contribution is -3.09. The molecule has 1 N–H and O–H groups in total. The number of halogens is 1. The van der Waals surface area contributed by atoms with Crippen LogP contribution in [0.15, 0.2) is 52.7 Å². The third-order valence-electron chi connectivity index (χ3n) is 3.75. The van der Waals surface area contributed by atoms with Crippen molar-refractivity contribution in [3.8, 4) is 0 Å². The van der Waals surface area contributed by atoms with E-state index in [2.05, 4.69) is 9.98 Å². The Labute approximate surface area is 119 Å². The Morgan fingerprint density at radius 2 is 2.24 bits per heavy atom. The van der Waals surface area contributed by atoms with Crippen molar-refractivity contribution < 1.29 is 9.29 Å². The van der Waals surface area contributed by atoms with Crippen molar-refractivity contribution in [1.82, 2.24) is 9.38 Å². The summed E-state index contributed by atoms with van der Waals surface area (Å²) in [5.41, 5.74) is 1.79. The third-order valence-corrected chi connectivity index (χ3v) is 3.75. The van der Waals surface area contributed by atoms with Crippen molar-refractivity contribution >= 4 is 17.1 Å². The van der Waals surface area contributed by atoms with E-state index in [9.17, 15) is 9.18 Å². The molecule has 4 heterocycles. The summed E-state index contributed by atoms with van der Waals surface area (Å²) in [5.74, 6) is 0.485. The third kappa shape index (κ3) is 2.00. The van der Waals surface area contributed by atoms with Gasteiger partial charge in [-0.3, -0.25) is 14.1 Å². The number of pyridine rings is 1. The van der Waals surface area contributed by atoms with Gasteiger partial charge in [0.25, 0.3) is 5.56 Å². The molecule has 0 saturated heterocycles. The lowest BCUT2D eigenvalue weighted by molar-refractivity contribution is -0.743. The quantitative estimate of drug-likeness (QED) is 0.823. The van der Waals surface area contributed by atoms with Crippen LogP contribution in [-0.4, -0.2) is 21.8 Å².